The van der Waals surface area contributed by atoms with Crippen molar-refractivity contribution in [3.8, 4) is 0 Å². The van der Waals surface area contributed by atoms with Crippen molar-refractivity contribution in [3.63, 3.8) is 0 Å². The maximum atomic E-state index is 12.4. The molecule has 1 saturated carbocycles. The summed E-state index contributed by atoms with van der Waals surface area (Å²) in [6, 6.07) is 7.47. The molecule has 0 amide bonds. The van der Waals surface area contributed by atoms with Crippen LogP contribution in [0.15, 0.2) is 24.3 Å². The van der Waals surface area contributed by atoms with E-state index in [1.54, 1.807) is 0 Å². The summed E-state index contributed by atoms with van der Waals surface area (Å²) in [4.78, 5) is 12.4. The van der Waals surface area contributed by atoms with E-state index in [0.29, 0.717) is 11.6 Å². The van der Waals surface area contributed by atoms with Gasteiger partial charge in [0.1, 0.15) is 6.10 Å². The Bertz CT molecular complexity index is 510. The van der Waals surface area contributed by atoms with E-state index in [2.05, 4.69) is 20.8 Å². The average molecular weight is 289 g/mol. The Morgan fingerprint density at radius 3 is 2.71 bits per heavy atom. The summed E-state index contributed by atoms with van der Waals surface area (Å²) in [5, 5.41) is 0. The fourth-order valence-corrected chi connectivity index (χ4v) is 3.58. The molecule has 1 aliphatic rings. The lowest BCUT2D eigenvalue weighted by atomic mass is 9.71. The van der Waals surface area contributed by atoms with Crippen LogP contribution < -0.4 is 5.73 Å². The van der Waals surface area contributed by atoms with Crippen molar-refractivity contribution in [3.05, 3.63) is 29.8 Å². The molecule has 2 N–H and O–H groups in total. The third-order valence-electron chi connectivity index (χ3n) is 4.39. The van der Waals surface area contributed by atoms with Crippen LogP contribution in [0.25, 0.3) is 0 Å². The molecule has 1 aromatic carbocycles. The van der Waals surface area contributed by atoms with Crippen molar-refractivity contribution >= 4 is 11.7 Å². The number of ether oxygens (including phenoxy) is 1. The summed E-state index contributed by atoms with van der Waals surface area (Å²) in [6.07, 6.45) is 3.16. The van der Waals surface area contributed by atoms with Crippen LogP contribution in [-0.2, 0) is 9.53 Å². The predicted molar refractivity (Wildman–Crippen MR) is 85.9 cm³/mol. The van der Waals surface area contributed by atoms with Crippen LogP contribution in [0.2, 0.25) is 0 Å². The minimum atomic E-state index is -0.270. The molecule has 3 nitrogen and oxygen atoms in total. The van der Waals surface area contributed by atoms with Gasteiger partial charge in [0.25, 0.3) is 0 Å². The Morgan fingerprint density at radius 1 is 1.38 bits per heavy atom. The lowest BCUT2D eigenvalue weighted by molar-refractivity contribution is -0.154. The van der Waals surface area contributed by atoms with Gasteiger partial charge in [-0.2, -0.15) is 0 Å². The molecule has 3 atom stereocenters. The van der Waals surface area contributed by atoms with Gasteiger partial charge in [-0.1, -0.05) is 32.9 Å². The molecule has 2 rings (SSSR count). The first kappa shape index (κ1) is 15.9. The molecular formula is C18H27NO2. The van der Waals surface area contributed by atoms with Gasteiger partial charge in [-0.3, -0.25) is 4.79 Å². The van der Waals surface area contributed by atoms with Gasteiger partial charge in [-0.15, -0.1) is 0 Å². The highest BCUT2D eigenvalue weighted by Gasteiger charge is 2.34. The van der Waals surface area contributed by atoms with Crippen molar-refractivity contribution in [2.24, 2.45) is 11.3 Å². The summed E-state index contributed by atoms with van der Waals surface area (Å²) in [5.41, 5.74) is 7.64. The summed E-state index contributed by atoms with van der Waals surface area (Å²) in [6.45, 7) is 8.63. The maximum Gasteiger partial charge on any atom is 0.313 e. The van der Waals surface area contributed by atoms with Gasteiger partial charge in [0.2, 0.25) is 0 Å². The molecule has 116 valence electrons. The molecule has 3 unspecified atom stereocenters. The van der Waals surface area contributed by atoms with E-state index in [9.17, 15) is 4.79 Å². The Morgan fingerprint density at radius 2 is 2.10 bits per heavy atom. The second-order valence-electron chi connectivity index (χ2n) is 7.36. The Balaban J connectivity index is 2.00. The van der Waals surface area contributed by atoms with Crippen molar-refractivity contribution < 1.29 is 9.53 Å². The number of hydrogen-bond acceptors (Lipinski definition) is 3. The summed E-state index contributed by atoms with van der Waals surface area (Å²) in [7, 11) is 0. The molecule has 1 fully saturated rings. The highest BCUT2D eigenvalue weighted by Crippen LogP contribution is 2.40. The van der Waals surface area contributed by atoms with Gasteiger partial charge in [0.05, 0.1) is 5.92 Å². The molecule has 0 spiro atoms. The molecule has 0 aliphatic heterocycles. The van der Waals surface area contributed by atoms with Crippen molar-refractivity contribution in [2.75, 3.05) is 5.73 Å². The number of benzene rings is 1. The molecule has 0 saturated heterocycles. The Labute approximate surface area is 127 Å². The van der Waals surface area contributed by atoms with E-state index in [-0.39, 0.29) is 23.4 Å². The topological polar surface area (TPSA) is 52.3 Å². The summed E-state index contributed by atoms with van der Waals surface area (Å²) >= 11 is 0. The highest BCUT2D eigenvalue weighted by molar-refractivity contribution is 5.78. The predicted octanol–water partition coefficient (Wildman–Crippen LogP) is 4.13. The summed E-state index contributed by atoms with van der Waals surface area (Å²) < 4.78 is 5.77. The fourth-order valence-electron chi connectivity index (χ4n) is 3.58. The molecule has 0 aromatic heterocycles. The first-order chi connectivity index (χ1) is 9.77. The van der Waals surface area contributed by atoms with Gasteiger partial charge in [0, 0.05) is 5.69 Å². The molecule has 1 aromatic rings. The molecule has 21 heavy (non-hydrogen) atoms. The number of nitrogens with two attached hydrogens (primary N) is 1. The third-order valence-corrected chi connectivity index (χ3v) is 4.39. The van der Waals surface area contributed by atoms with Crippen LogP contribution >= 0.6 is 0 Å². The Hall–Kier alpha value is -1.51. The quantitative estimate of drug-likeness (QED) is 0.672. The zero-order valence-electron chi connectivity index (χ0n) is 13.6. The minimum Gasteiger partial charge on any atom is -0.462 e. The second kappa shape index (κ2) is 6.08. The van der Waals surface area contributed by atoms with Gasteiger partial charge in [-0.25, -0.2) is 0 Å². The van der Waals surface area contributed by atoms with Crippen molar-refractivity contribution in [1.82, 2.24) is 0 Å². The first-order valence-electron chi connectivity index (χ1n) is 7.83. The standard InChI is InChI=1S/C18H27NO2/c1-12-8-16(11-18(3,4)10-12)21-17(20)13(2)14-6-5-7-15(19)9-14/h5-7,9,12-13,16H,8,10-11,19H2,1-4H3. The lowest BCUT2D eigenvalue weighted by Crippen LogP contribution is -2.34. The van der Waals surface area contributed by atoms with E-state index >= 15 is 0 Å². The largest absolute Gasteiger partial charge is 0.462 e. The number of esters is 1. The normalized spacial score (nSPS) is 26.1. The van der Waals surface area contributed by atoms with Crippen LogP contribution in [0.4, 0.5) is 5.69 Å². The van der Waals surface area contributed by atoms with Crippen molar-refractivity contribution in [1.29, 1.82) is 0 Å². The zero-order chi connectivity index (χ0) is 15.6. The fraction of sp³-hybridized carbons (Fsp3) is 0.611. The van der Waals surface area contributed by atoms with Gasteiger partial charge in [-0.05, 0) is 55.2 Å². The van der Waals surface area contributed by atoms with Crippen molar-refractivity contribution in [2.45, 2.75) is 59.0 Å². The molecule has 0 heterocycles. The van der Waals surface area contributed by atoms with Gasteiger partial charge < -0.3 is 10.5 Å². The molecule has 1 aliphatic carbocycles. The molecule has 3 heteroatoms. The van der Waals surface area contributed by atoms with E-state index in [4.69, 9.17) is 10.5 Å². The van der Waals surface area contributed by atoms with E-state index < -0.39 is 0 Å². The monoisotopic (exact) mass is 289 g/mol. The van der Waals surface area contributed by atoms with E-state index in [0.717, 1.165) is 18.4 Å². The lowest BCUT2D eigenvalue weighted by Gasteiger charge is -2.38. The number of hydrogen-bond donors (Lipinski definition) is 1. The Kier molecular flexibility index (Phi) is 4.60. The smallest absolute Gasteiger partial charge is 0.313 e. The first-order valence-corrected chi connectivity index (χ1v) is 7.83. The van der Waals surface area contributed by atoms with Crippen LogP contribution in [0.5, 0.6) is 0 Å². The van der Waals surface area contributed by atoms with Crippen LogP contribution in [0.3, 0.4) is 0 Å². The number of carbonyl (C=O) groups excluding carboxylic acids is 1. The number of rotatable bonds is 3. The zero-order valence-corrected chi connectivity index (χ0v) is 13.6. The SMILES string of the molecule is CC1CC(OC(=O)C(C)c2cccc(N)c2)CC(C)(C)C1. The third kappa shape index (κ3) is 4.23. The van der Waals surface area contributed by atoms with E-state index in [1.807, 2.05) is 31.2 Å². The van der Waals surface area contributed by atoms with E-state index in [1.165, 1.54) is 6.42 Å². The van der Waals surface area contributed by atoms with Crippen LogP contribution in [0.1, 0.15) is 58.4 Å². The number of anilines is 1. The van der Waals surface area contributed by atoms with Crippen LogP contribution in [-0.4, -0.2) is 12.1 Å². The summed E-state index contributed by atoms with van der Waals surface area (Å²) in [5.74, 6) is 0.193. The van der Waals surface area contributed by atoms with Crippen LogP contribution in [0, 0.1) is 11.3 Å². The number of carbonyl (C=O) groups is 1. The molecular weight excluding hydrogens is 262 g/mol. The molecule has 0 radical (unpaired) electrons. The average Bonchev–Trinajstić information content (AvgIpc) is 2.35. The maximum absolute atomic E-state index is 12.4. The van der Waals surface area contributed by atoms with Gasteiger partial charge >= 0.3 is 5.97 Å². The van der Waals surface area contributed by atoms with Gasteiger partial charge in [0.15, 0.2) is 0 Å². The molecule has 0 bridgehead atoms. The minimum absolute atomic E-state index is 0.0414. The second-order valence-corrected chi connectivity index (χ2v) is 7.36. The highest BCUT2D eigenvalue weighted by atomic mass is 16.5. The number of nitrogen functional groups attached to an aromatic ring is 1.